The fourth-order valence-corrected chi connectivity index (χ4v) is 3.01. The first-order valence-corrected chi connectivity index (χ1v) is 8.68. The summed E-state index contributed by atoms with van der Waals surface area (Å²) >= 11 is 0. The zero-order chi connectivity index (χ0) is 18.6. The average Bonchev–Trinajstić information content (AvgIpc) is 3.01. The summed E-state index contributed by atoms with van der Waals surface area (Å²) < 4.78 is 14.0. The number of carbonyl (C=O) groups is 1. The van der Waals surface area contributed by atoms with Crippen molar-refractivity contribution < 1.29 is 9.18 Å². The lowest BCUT2D eigenvalue weighted by Gasteiger charge is -2.18. The molecular formula is C23H17FN2O. The molecule has 0 saturated carbocycles. The van der Waals surface area contributed by atoms with Crippen molar-refractivity contribution in [1.82, 2.24) is 4.90 Å². The molecule has 132 valence electrons. The van der Waals surface area contributed by atoms with Crippen LogP contribution < -0.4 is 0 Å². The van der Waals surface area contributed by atoms with Crippen molar-refractivity contribution in [2.24, 2.45) is 4.99 Å². The van der Waals surface area contributed by atoms with Crippen molar-refractivity contribution in [2.45, 2.75) is 6.54 Å². The van der Waals surface area contributed by atoms with Crippen LogP contribution in [0.3, 0.4) is 0 Å². The molecule has 1 amide bonds. The second-order valence-electron chi connectivity index (χ2n) is 6.23. The molecule has 3 nitrogen and oxygen atoms in total. The Labute approximate surface area is 157 Å². The number of carbonyl (C=O) groups excluding carboxylic acids is 1. The van der Waals surface area contributed by atoms with Crippen LogP contribution in [0.4, 0.5) is 4.39 Å². The van der Waals surface area contributed by atoms with Gasteiger partial charge in [0.25, 0.3) is 5.91 Å². The minimum absolute atomic E-state index is 0.231. The van der Waals surface area contributed by atoms with E-state index in [9.17, 15) is 9.18 Å². The van der Waals surface area contributed by atoms with Crippen LogP contribution in [0, 0.1) is 5.82 Å². The molecule has 0 N–H and O–H groups in total. The quantitative estimate of drug-likeness (QED) is 0.626. The van der Waals surface area contributed by atoms with Crippen LogP contribution in [-0.2, 0) is 11.3 Å². The molecule has 4 heteroatoms. The van der Waals surface area contributed by atoms with Crippen molar-refractivity contribution in [1.29, 1.82) is 0 Å². The van der Waals surface area contributed by atoms with Crippen molar-refractivity contribution in [2.75, 3.05) is 0 Å². The third-order valence-electron chi connectivity index (χ3n) is 4.36. The topological polar surface area (TPSA) is 32.7 Å². The van der Waals surface area contributed by atoms with Crippen LogP contribution >= 0.6 is 0 Å². The van der Waals surface area contributed by atoms with E-state index >= 15 is 0 Å². The van der Waals surface area contributed by atoms with Gasteiger partial charge in [-0.05, 0) is 17.7 Å². The number of benzene rings is 3. The molecule has 0 fully saturated rings. The molecule has 1 heterocycles. The molecule has 0 aliphatic carbocycles. The molecule has 1 aliphatic heterocycles. The minimum atomic E-state index is -0.379. The van der Waals surface area contributed by atoms with Crippen molar-refractivity contribution in [3.63, 3.8) is 0 Å². The summed E-state index contributed by atoms with van der Waals surface area (Å²) in [5.41, 5.74) is 2.42. The number of amides is 1. The van der Waals surface area contributed by atoms with Gasteiger partial charge in [0, 0.05) is 11.1 Å². The van der Waals surface area contributed by atoms with E-state index in [0.717, 1.165) is 11.1 Å². The van der Waals surface area contributed by atoms with Crippen LogP contribution in [0.2, 0.25) is 0 Å². The maximum absolute atomic E-state index is 14.0. The Hall–Kier alpha value is -3.53. The van der Waals surface area contributed by atoms with E-state index in [0.29, 0.717) is 17.9 Å². The van der Waals surface area contributed by atoms with E-state index in [2.05, 4.69) is 4.99 Å². The summed E-state index contributed by atoms with van der Waals surface area (Å²) in [7, 11) is 0. The Kier molecular flexibility index (Phi) is 4.62. The van der Waals surface area contributed by atoms with E-state index in [4.69, 9.17) is 0 Å². The largest absolute Gasteiger partial charge is 0.286 e. The van der Waals surface area contributed by atoms with Crippen molar-refractivity contribution >= 4 is 17.8 Å². The first kappa shape index (κ1) is 16.9. The van der Waals surface area contributed by atoms with Gasteiger partial charge in [0.15, 0.2) is 0 Å². The second kappa shape index (κ2) is 7.38. The van der Waals surface area contributed by atoms with Crippen LogP contribution in [-0.4, -0.2) is 16.6 Å². The molecule has 1 aliphatic rings. The van der Waals surface area contributed by atoms with Crippen LogP contribution in [0.5, 0.6) is 0 Å². The van der Waals surface area contributed by atoms with Gasteiger partial charge < -0.3 is 0 Å². The molecule has 0 unspecified atom stereocenters. The van der Waals surface area contributed by atoms with E-state index in [1.54, 1.807) is 23.1 Å². The Balaban J connectivity index is 1.75. The van der Waals surface area contributed by atoms with Gasteiger partial charge in [-0.15, -0.1) is 0 Å². The van der Waals surface area contributed by atoms with Gasteiger partial charge in [0.2, 0.25) is 0 Å². The first-order valence-electron chi connectivity index (χ1n) is 8.68. The van der Waals surface area contributed by atoms with Crippen LogP contribution in [0.25, 0.3) is 6.08 Å². The number of nitrogens with zero attached hydrogens (tertiary/aromatic N) is 2. The third kappa shape index (κ3) is 3.55. The standard InChI is InChI=1S/C23H17FN2O/c24-20-14-8-7-13-19(20)15-21-23(27)26(16-17-9-3-1-4-10-17)22(25-21)18-11-5-2-6-12-18/h1-15H,16H2. The van der Waals surface area contributed by atoms with Gasteiger partial charge in [-0.3, -0.25) is 9.69 Å². The van der Waals surface area contributed by atoms with Crippen LogP contribution in [0.15, 0.2) is 95.6 Å². The number of hydrogen-bond donors (Lipinski definition) is 0. The molecule has 3 aromatic rings. The molecule has 0 bridgehead atoms. The number of aliphatic imine (C=N–C) groups is 1. The van der Waals surface area contributed by atoms with Gasteiger partial charge in [0.1, 0.15) is 17.3 Å². The predicted molar refractivity (Wildman–Crippen MR) is 104 cm³/mol. The highest BCUT2D eigenvalue weighted by Gasteiger charge is 2.31. The van der Waals surface area contributed by atoms with Crippen LogP contribution in [0.1, 0.15) is 16.7 Å². The fraction of sp³-hybridized carbons (Fsp3) is 0.0435. The summed E-state index contributed by atoms with van der Waals surface area (Å²) in [6.45, 7) is 0.405. The summed E-state index contributed by atoms with van der Waals surface area (Å²) in [6, 6.07) is 25.6. The van der Waals surface area contributed by atoms with E-state index < -0.39 is 0 Å². The fourth-order valence-electron chi connectivity index (χ4n) is 3.01. The van der Waals surface area contributed by atoms with Gasteiger partial charge in [-0.25, -0.2) is 9.38 Å². The normalized spacial score (nSPS) is 15.3. The predicted octanol–water partition coefficient (Wildman–Crippen LogP) is 4.66. The van der Waals surface area contributed by atoms with Gasteiger partial charge in [-0.2, -0.15) is 0 Å². The highest BCUT2D eigenvalue weighted by atomic mass is 19.1. The molecule has 0 spiro atoms. The minimum Gasteiger partial charge on any atom is -0.286 e. The van der Waals surface area contributed by atoms with Crippen molar-refractivity contribution in [3.05, 3.63) is 113 Å². The lowest BCUT2D eigenvalue weighted by Crippen LogP contribution is -2.32. The average molecular weight is 356 g/mol. The molecule has 4 rings (SSSR count). The number of halogens is 1. The zero-order valence-electron chi connectivity index (χ0n) is 14.5. The van der Waals surface area contributed by atoms with Gasteiger partial charge >= 0.3 is 0 Å². The Morgan fingerprint density at radius 2 is 1.48 bits per heavy atom. The molecule has 27 heavy (non-hydrogen) atoms. The first-order chi connectivity index (χ1) is 13.2. The smallest absolute Gasteiger partial charge is 0.278 e. The molecule has 0 radical (unpaired) electrons. The Morgan fingerprint density at radius 1 is 0.852 bits per heavy atom. The lowest BCUT2D eigenvalue weighted by atomic mass is 10.1. The summed E-state index contributed by atoms with van der Waals surface area (Å²) in [6.07, 6.45) is 1.51. The highest BCUT2D eigenvalue weighted by molar-refractivity contribution is 6.19. The molecule has 0 atom stereocenters. The van der Waals surface area contributed by atoms with Gasteiger partial charge in [0.05, 0.1) is 6.54 Å². The van der Waals surface area contributed by atoms with Crippen molar-refractivity contribution in [3.8, 4) is 0 Å². The summed E-state index contributed by atoms with van der Waals surface area (Å²) in [4.78, 5) is 19.2. The SMILES string of the molecule is O=C1C(=Cc2ccccc2F)N=C(c2ccccc2)N1Cc1ccccc1. The Morgan fingerprint density at radius 3 is 2.19 bits per heavy atom. The molecular weight excluding hydrogens is 339 g/mol. The maximum atomic E-state index is 14.0. The third-order valence-corrected chi connectivity index (χ3v) is 4.36. The summed E-state index contributed by atoms with van der Waals surface area (Å²) in [5, 5.41) is 0. The molecule has 0 aromatic heterocycles. The maximum Gasteiger partial charge on any atom is 0.278 e. The number of amidine groups is 1. The Bertz CT molecular complexity index is 1030. The summed E-state index contributed by atoms with van der Waals surface area (Å²) in [5.74, 6) is -0.0382. The van der Waals surface area contributed by atoms with E-state index in [-0.39, 0.29) is 17.4 Å². The monoisotopic (exact) mass is 356 g/mol. The second-order valence-corrected chi connectivity index (χ2v) is 6.23. The molecule has 3 aromatic carbocycles. The van der Waals surface area contributed by atoms with Gasteiger partial charge in [-0.1, -0.05) is 78.9 Å². The zero-order valence-corrected chi connectivity index (χ0v) is 14.5. The number of rotatable bonds is 4. The van der Waals surface area contributed by atoms with E-state index in [1.807, 2.05) is 60.7 Å². The highest BCUT2D eigenvalue weighted by Crippen LogP contribution is 2.24. The van der Waals surface area contributed by atoms with E-state index in [1.165, 1.54) is 12.1 Å². The number of hydrogen-bond acceptors (Lipinski definition) is 2. The lowest BCUT2D eigenvalue weighted by molar-refractivity contribution is -0.123. The molecule has 0 saturated heterocycles.